The lowest BCUT2D eigenvalue weighted by Gasteiger charge is -2.14. The van der Waals surface area contributed by atoms with Gasteiger partial charge in [-0.25, -0.2) is 4.98 Å². The predicted molar refractivity (Wildman–Crippen MR) is 87.9 cm³/mol. The van der Waals surface area contributed by atoms with Crippen LogP contribution in [0.25, 0.3) is 21.5 Å². The van der Waals surface area contributed by atoms with E-state index in [0.29, 0.717) is 27.4 Å². The molecule has 23 heavy (non-hydrogen) atoms. The summed E-state index contributed by atoms with van der Waals surface area (Å²) in [6.45, 7) is 3.98. The average Bonchev–Trinajstić information content (AvgIpc) is 3.14. The van der Waals surface area contributed by atoms with Gasteiger partial charge in [-0.1, -0.05) is 13.8 Å². The summed E-state index contributed by atoms with van der Waals surface area (Å²) in [5.74, 6) is 0.298. The fraction of sp³-hybridized carbons (Fsp3) is 0.312. The van der Waals surface area contributed by atoms with E-state index in [1.165, 1.54) is 15.9 Å². The maximum atomic E-state index is 12.9. The number of thiophene rings is 1. The lowest BCUT2D eigenvalue weighted by Crippen LogP contribution is -2.27. The second kappa shape index (κ2) is 6.00. The van der Waals surface area contributed by atoms with Crippen molar-refractivity contribution in [2.75, 3.05) is 0 Å². The van der Waals surface area contributed by atoms with Crippen molar-refractivity contribution < 1.29 is 14.3 Å². The summed E-state index contributed by atoms with van der Waals surface area (Å²) in [6.07, 6.45) is 1.44. The van der Waals surface area contributed by atoms with Crippen LogP contribution in [0.1, 0.15) is 32.0 Å². The molecule has 0 aliphatic heterocycles. The van der Waals surface area contributed by atoms with Crippen molar-refractivity contribution in [3.05, 3.63) is 40.0 Å². The molecule has 0 amide bonds. The molecular formula is C16H16N2O4S. The first-order chi connectivity index (χ1) is 11.0. The Kier molecular flexibility index (Phi) is 4.04. The molecule has 3 aromatic rings. The second-order valence-electron chi connectivity index (χ2n) is 5.53. The topological polar surface area (TPSA) is 85.3 Å². The standard InChI is InChI=1S/C16H16N2O4S/c1-9(2)14-17-15-13(16(21)18(14)6-5-12(19)20)10(8-23-15)11-4-3-7-22-11/h3-4,7-9H,5-6H2,1-2H3,(H,19,20). The van der Waals surface area contributed by atoms with E-state index in [0.717, 1.165) is 0 Å². The molecule has 6 nitrogen and oxygen atoms in total. The van der Waals surface area contributed by atoms with Gasteiger partial charge in [0.25, 0.3) is 5.56 Å². The summed E-state index contributed by atoms with van der Waals surface area (Å²) in [6, 6.07) is 3.55. The molecule has 0 saturated heterocycles. The normalized spacial score (nSPS) is 11.4. The first-order valence-electron chi connectivity index (χ1n) is 7.26. The van der Waals surface area contributed by atoms with Crippen molar-refractivity contribution in [2.45, 2.75) is 32.7 Å². The molecule has 120 valence electrons. The smallest absolute Gasteiger partial charge is 0.305 e. The predicted octanol–water partition coefficient (Wildman–Crippen LogP) is 3.32. The average molecular weight is 332 g/mol. The van der Waals surface area contributed by atoms with Crippen molar-refractivity contribution in [1.29, 1.82) is 0 Å². The zero-order chi connectivity index (χ0) is 16.6. The van der Waals surface area contributed by atoms with Crippen molar-refractivity contribution in [3.8, 4) is 11.3 Å². The molecule has 0 saturated carbocycles. The van der Waals surface area contributed by atoms with E-state index < -0.39 is 5.97 Å². The SMILES string of the molecule is CC(C)c1nc2scc(-c3ccco3)c2c(=O)n1CCC(=O)O. The first-order valence-corrected chi connectivity index (χ1v) is 8.14. The van der Waals surface area contributed by atoms with Crippen LogP contribution in [0.2, 0.25) is 0 Å². The molecule has 3 heterocycles. The Balaban J connectivity index is 2.24. The van der Waals surface area contributed by atoms with E-state index in [1.807, 2.05) is 19.2 Å². The van der Waals surface area contributed by atoms with E-state index in [9.17, 15) is 9.59 Å². The van der Waals surface area contributed by atoms with Crippen LogP contribution in [0.4, 0.5) is 0 Å². The van der Waals surface area contributed by atoms with Gasteiger partial charge in [-0.05, 0) is 12.1 Å². The number of nitrogens with zero attached hydrogens (tertiary/aromatic N) is 2. The fourth-order valence-electron chi connectivity index (χ4n) is 2.52. The summed E-state index contributed by atoms with van der Waals surface area (Å²) in [7, 11) is 0. The Morgan fingerprint density at radius 3 is 2.87 bits per heavy atom. The van der Waals surface area contributed by atoms with Crippen molar-refractivity contribution in [3.63, 3.8) is 0 Å². The van der Waals surface area contributed by atoms with E-state index >= 15 is 0 Å². The largest absolute Gasteiger partial charge is 0.481 e. The lowest BCUT2D eigenvalue weighted by atomic mass is 10.1. The van der Waals surface area contributed by atoms with Gasteiger partial charge in [-0.15, -0.1) is 11.3 Å². The number of furan rings is 1. The van der Waals surface area contributed by atoms with Gasteiger partial charge in [0.15, 0.2) is 0 Å². The molecule has 0 aromatic carbocycles. The molecule has 0 aliphatic carbocycles. The molecule has 0 atom stereocenters. The van der Waals surface area contributed by atoms with Gasteiger partial charge >= 0.3 is 5.97 Å². The lowest BCUT2D eigenvalue weighted by molar-refractivity contribution is -0.137. The number of hydrogen-bond donors (Lipinski definition) is 1. The van der Waals surface area contributed by atoms with E-state index in [2.05, 4.69) is 4.98 Å². The zero-order valence-electron chi connectivity index (χ0n) is 12.8. The number of aromatic nitrogens is 2. The summed E-state index contributed by atoms with van der Waals surface area (Å²) in [4.78, 5) is 29.1. The van der Waals surface area contributed by atoms with E-state index in [4.69, 9.17) is 9.52 Å². The number of rotatable bonds is 5. The Labute approximate surface area is 136 Å². The maximum absolute atomic E-state index is 12.9. The Morgan fingerprint density at radius 2 is 2.26 bits per heavy atom. The third-order valence-corrected chi connectivity index (χ3v) is 4.45. The van der Waals surface area contributed by atoms with Crippen molar-refractivity contribution >= 4 is 27.5 Å². The number of carbonyl (C=O) groups is 1. The number of carboxylic acids is 1. The van der Waals surface area contributed by atoms with Crippen LogP contribution < -0.4 is 5.56 Å². The second-order valence-corrected chi connectivity index (χ2v) is 6.39. The molecule has 0 fully saturated rings. The first kappa shape index (κ1) is 15.5. The van der Waals surface area contributed by atoms with Crippen LogP contribution in [-0.2, 0) is 11.3 Å². The van der Waals surface area contributed by atoms with Crippen molar-refractivity contribution in [2.24, 2.45) is 0 Å². The summed E-state index contributed by atoms with van der Waals surface area (Å²) in [5.41, 5.74) is 0.486. The van der Waals surface area contributed by atoms with Crippen LogP contribution in [0.15, 0.2) is 33.0 Å². The summed E-state index contributed by atoms with van der Waals surface area (Å²) < 4.78 is 6.87. The van der Waals surface area contributed by atoms with E-state index in [-0.39, 0.29) is 24.4 Å². The van der Waals surface area contributed by atoms with Gasteiger partial charge in [0, 0.05) is 23.4 Å². The molecule has 0 aliphatic rings. The number of carboxylic acid groups (broad SMARTS) is 1. The highest BCUT2D eigenvalue weighted by Crippen LogP contribution is 2.32. The highest BCUT2D eigenvalue weighted by atomic mass is 32.1. The van der Waals surface area contributed by atoms with Crippen LogP contribution in [-0.4, -0.2) is 20.6 Å². The number of aliphatic carboxylic acids is 1. The van der Waals surface area contributed by atoms with Crippen molar-refractivity contribution in [1.82, 2.24) is 9.55 Å². The number of fused-ring (bicyclic) bond motifs is 1. The molecule has 0 spiro atoms. The van der Waals surface area contributed by atoms with Gasteiger partial charge < -0.3 is 9.52 Å². The number of hydrogen-bond acceptors (Lipinski definition) is 5. The highest BCUT2D eigenvalue weighted by molar-refractivity contribution is 7.17. The summed E-state index contributed by atoms with van der Waals surface area (Å²) in [5, 5.41) is 11.3. The molecule has 0 radical (unpaired) electrons. The Hall–Kier alpha value is -2.41. The van der Waals surface area contributed by atoms with Gasteiger partial charge in [-0.2, -0.15) is 0 Å². The van der Waals surface area contributed by atoms with Crippen LogP contribution >= 0.6 is 11.3 Å². The molecule has 3 aromatic heterocycles. The van der Waals surface area contributed by atoms with Crippen LogP contribution in [0, 0.1) is 0 Å². The Morgan fingerprint density at radius 1 is 1.48 bits per heavy atom. The van der Waals surface area contributed by atoms with E-state index in [1.54, 1.807) is 18.4 Å². The highest BCUT2D eigenvalue weighted by Gasteiger charge is 2.19. The molecular weight excluding hydrogens is 316 g/mol. The van der Waals surface area contributed by atoms with Crippen LogP contribution in [0.5, 0.6) is 0 Å². The zero-order valence-corrected chi connectivity index (χ0v) is 13.6. The third kappa shape index (κ3) is 2.79. The Bertz CT molecular complexity index is 906. The molecule has 1 N–H and O–H groups in total. The minimum Gasteiger partial charge on any atom is -0.481 e. The minimum absolute atomic E-state index is 0.0232. The monoisotopic (exact) mass is 332 g/mol. The third-order valence-electron chi connectivity index (χ3n) is 3.58. The maximum Gasteiger partial charge on any atom is 0.305 e. The van der Waals surface area contributed by atoms with Gasteiger partial charge in [0.2, 0.25) is 0 Å². The van der Waals surface area contributed by atoms with Gasteiger partial charge in [0.1, 0.15) is 16.4 Å². The van der Waals surface area contributed by atoms with Gasteiger partial charge in [0.05, 0.1) is 18.1 Å². The fourth-order valence-corrected chi connectivity index (χ4v) is 3.44. The molecule has 7 heteroatoms. The quantitative estimate of drug-likeness (QED) is 0.774. The minimum atomic E-state index is -0.941. The summed E-state index contributed by atoms with van der Waals surface area (Å²) >= 11 is 1.39. The molecule has 0 unspecified atom stereocenters. The molecule has 3 rings (SSSR count). The van der Waals surface area contributed by atoms with Gasteiger partial charge in [-0.3, -0.25) is 14.2 Å². The van der Waals surface area contributed by atoms with Crippen LogP contribution in [0.3, 0.4) is 0 Å². The molecule has 0 bridgehead atoms.